The molecular formula is C14H22N2O2S. The number of thiocarbonyl (C=S) groups is 1. The van der Waals surface area contributed by atoms with E-state index in [9.17, 15) is 0 Å². The summed E-state index contributed by atoms with van der Waals surface area (Å²) in [4.78, 5) is 2.56. The number of benzene rings is 1. The average Bonchev–Trinajstić information content (AvgIpc) is 2.38. The van der Waals surface area contributed by atoms with Crippen LogP contribution in [-0.2, 0) is 0 Å². The first kappa shape index (κ1) is 15.9. The molecule has 0 aliphatic carbocycles. The highest BCUT2D eigenvalue weighted by molar-refractivity contribution is 7.80. The second kappa shape index (κ2) is 8.09. The summed E-state index contributed by atoms with van der Waals surface area (Å²) in [5.74, 6) is 0.799. The molecule has 0 heterocycles. The van der Waals surface area contributed by atoms with Gasteiger partial charge in [0.15, 0.2) is 0 Å². The third-order valence-electron chi connectivity index (χ3n) is 2.90. The first-order valence-corrected chi connectivity index (χ1v) is 6.83. The zero-order valence-corrected chi connectivity index (χ0v) is 12.3. The van der Waals surface area contributed by atoms with Crippen molar-refractivity contribution in [3.05, 3.63) is 29.8 Å². The Hall–Kier alpha value is -1.17. The summed E-state index contributed by atoms with van der Waals surface area (Å²) >= 11 is 4.89. The summed E-state index contributed by atoms with van der Waals surface area (Å²) in [5, 5.41) is 8.98. The standard InChI is InChI=1S/C14H22N2O2S/c1-11(2)16(7-9-17)8-10-18-13-5-3-12(4-6-13)14(15)19/h3-6,11,17H,7-10H2,1-2H3,(H2,15,19). The van der Waals surface area contributed by atoms with Crippen LogP contribution in [-0.4, -0.2) is 47.3 Å². The van der Waals surface area contributed by atoms with E-state index in [2.05, 4.69) is 18.7 Å². The smallest absolute Gasteiger partial charge is 0.119 e. The maximum Gasteiger partial charge on any atom is 0.119 e. The van der Waals surface area contributed by atoms with Crippen LogP contribution in [0.25, 0.3) is 0 Å². The van der Waals surface area contributed by atoms with Gasteiger partial charge in [0.25, 0.3) is 0 Å². The van der Waals surface area contributed by atoms with Gasteiger partial charge in [-0.05, 0) is 38.1 Å². The molecule has 0 aromatic heterocycles. The van der Waals surface area contributed by atoms with Gasteiger partial charge in [-0.25, -0.2) is 0 Å². The van der Waals surface area contributed by atoms with Crippen molar-refractivity contribution < 1.29 is 9.84 Å². The van der Waals surface area contributed by atoms with Crippen molar-refractivity contribution in [1.29, 1.82) is 0 Å². The molecule has 0 saturated heterocycles. The molecule has 1 rings (SSSR count). The van der Waals surface area contributed by atoms with Crippen LogP contribution in [0.4, 0.5) is 0 Å². The molecule has 19 heavy (non-hydrogen) atoms. The minimum absolute atomic E-state index is 0.167. The number of rotatable bonds is 8. The van der Waals surface area contributed by atoms with E-state index in [1.165, 1.54) is 0 Å². The van der Waals surface area contributed by atoms with E-state index in [-0.39, 0.29) is 6.61 Å². The normalized spacial score (nSPS) is 11.0. The van der Waals surface area contributed by atoms with Gasteiger partial charge in [-0.2, -0.15) is 0 Å². The zero-order valence-electron chi connectivity index (χ0n) is 11.5. The number of hydrogen-bond donors (Lipinski definition) is 2. The van der Waals surface area contributed by atoms with Crippen molar-refractivity contribution in [2.75, 3.05) is 26.3 Å². The number of ether oxygens (including phenoxy) is 1. The molecule has 3 N–H and O–H groups in total. The van der Waals surface area contributed by atoms with Crippen molar-refractivity contribution in [2.45, 2.75) is 19.9 Å². The van der Waals surface area contributed by atoms with Crippen LogP contribution in [0.5, 0.6) is 5.75 Å². The van der Waals surface area contributed by atoms with Crippen LogP contribution in [0.1, 0.15) is 19.4 Å². The zero-order chi connectivity index (χ0) is 14.3. The maximum absolute atomic E-state index is 8.98. The van der Waals surface area contributed by atoms with Crippen LogP contribution in [0.2, 0.25) is 0 Å². The number of nitrogens with two attached hydrogens (primary N) is 1. The van der Waals surface area contributed by atoms with E-state index in [0.717, 1.165) is 17.9 Å². The van der Waals surface area contributed by atoms with E-state index in [1.54, 1.807) is 0 Å². The fraction of sp³-hybridized carbons (Fsp3) is 0.500. The van der Waals surface area contributed by atoms with Crippen molar-refractivity contribution >= 4 is 17.2 Å². The van der Waals surface area contributed by atoms with Crippen LogP contribution in [0.15, 0.2) is 24.3 Å². The molecular weight excluding hydrogens is 260 g/mol. The largest absolute Gasteiger partial charge is 0.492 e. The molecule has 0 atom stereocenters. The van der Waals surface area contributed by atoms with Crippen molar-refractivity contribution in [3.8, 4) is 5.75 Å². The number of nitrogens with zero attached hydrogens (tertiary/aromatic N) is 1. The molecule has 1 aromatic rings. The van der Waals surface area contributed by atoms with Gasteiger partial charge in [0.2, 0.25) is 0 Å². The highest BCUT2D eigenvalue weighted by Crippen LogP contribution is 2.12. The molecule has 106 valence electrons. The third kappa shape index (κ3) is 5.55. The molecule has 0 amide bonds. The van der Waals surface area contributed by atoms with Gasteiger partial charge in [-0.1, -0.05) is 12.2 Å². The quantitative estimate of drug-likeness (QED) is 0.706. The molecule has 1 aromatic carbocycles. The van der Waals surface area contributed by atoms with Gasteiger partial charge in [0.05, 0.1) is 6.61 Å². The Balaban J connectivity index is 2.41. The first-order chi connectivity index (χ1) is 9.04. The number of aliphatic hydroxyl groups is 1. The molecule has 0 fully saturated rings. The average molecular weight is 282 g/mol. The summed E-state index contributed by atoms with van der Waals surface area (Å²) in [6.45, 7) is 6.42. The first-order valence-electron chi connectivity index (χ1n) is 6.42. The van der Waals surface area contributed by atoms with Gasteiger partial charge in [-0.15, -0.1) is 0 Å². The van der Waals surface area contributed by atoms with Gasteiger partial charge in [-0.3, -0.25) is 4.90 Å². The van der Waals surface area contributed by atoms with Crippen molar-refractivity contribution in [2.24, 2.45) is 5.73 Å². The van der Waals surface area contributed by atoms with Gasteiger partial charge in [0.1, 0.15) is 17.3 Å². The van der Waals surface area contributed by atoms with E-state index in [0.29, 0.717) is 24.2 Å². The van der Waals surface area contributed by atoms with Crippen LogP contribution in [0, 0.1) is 0 Å². The predicted octanol–water partition coefficient (Wildman–Crippen LogP) is 1.40. The molecule has 0 saturated carbocycles. The Bertz CT molecular complexity index is 393. The number of hydrogen-bond acceptors (Lipinski definition) is 4. The fourth-order valence-electron chi connectivity index (χ4n) is 1.75. The van der Waals surface area contributed by atoms with E-state index in [4.69, 9.17) is 27.8 Å². The summed E-state index contributed by atoms with van der Waals surface area (Å²) in [5.41, 5.74) is 6.37. The van der Waals surface area contributed by atoms with E-state index < -0.39 is 0 Å². The maximum atomic E-state index is 8.98. The summed E-state index contributed by atoms with van der Waals surface area (Å²) in [6.07, 6.45) is 0. The Morgan fingerprint density at radius 3 is 2.42 bits per heavy atom. The Labute approximate surface area is 120 Å². The van der Waals surface area contributed by atoms with Crippen LogP contribution in [0.3, 0.4) is 0 Å². The lowest BCUT2D eigenvalue weighted by atomic mass is 10.2. The third-order valence-corrected chi connectivity index (χ3v) is 3.14. The SMILES string of the molecule is CC(C)N(CCO)CCOc1ccc(C(N)=S)cc1. The Morgan fingerprint density at radius 1 is 1.32 bits per heavy atom. The van der Waals surface area contributed by atoms with Crippen molar-refractivity contribution in [3.63, 3.8) is 0 Å². The lowest BCUT2D eigenvalue weighted by molar-refractivity contribution is 0.141. The second-order valence-electron chi connectivity index (χ2n) is 4.59. The highest BCUT2D eigenvalue weighted by Gasteiger charge is 2.08. The van der Waals surface area contributed by atoms with Crippen molar-refractivity contribution in [1.82, 2.24) is 4.90 Å². The minimum atomic E-state index is 0.167. The topological polar surface area (TPSA) is 58.7 Å². The predicted molar refractivity (Wildman–Crippen MR) is 81.6 cm³/mol. The molecule has 5 heteroatoms. The molecule has 0 spiro atoms. The fourth-order valence-corrected chi connectivity index (χ4v) is 1.89. The highest BCUT2D eigenvalue weighted by atomic mass is 32.1. The Kier molecular flexibility index (Phi) is 6.77. The lowest BCUT2D eigenvalue weighted by Crippen LogP contribution is -2.36. The summed E-state index contributed by atoms with van der Waals surface area (Å²) < 4.78 is 5.66. The lowest BCUT2D eigenvalue weighted by Gasteiger charge is -2.25. The number of aliphatic hydroxyl groups excluding tert-OH is 1. The molecule has 0 aliphatic rings. The molecule has 0 aliphatic heterocycles. The van der Waals surface area contributed by atoms with E-state index in [1.807, 2.05) is 24.3 Å². The van der Waals surface area contributed by atoms with Gasteiger partial charge in [0, 0.05) is 24.7 Å². The van der Waals surface area contributed by atoms with Crippen LogP contribution < -0.4 is 10.5 Å². The van der Waals surface area contributed by atoms with Gasteiger partial charge >= 0.3 is 0 Å². The van der Waals surface area contributed by atoms with Crippen LogP contribution >= 0.6 is 12.2 Å². The summed E-state index contributed by atoms with van der Waals surface area (Å²) in [7, 11) is 0. The molecule has 0 unspecified atom stereocenters. The monoisotopic (exact) mass is 282 g/mol. The van der Waals surface area contributed by atoms with E-state index >= 15 is 0 Å². The molecule has 4 nitrogen and oxygen atoms in total. The minimum Gasteiger partial charge on any atom is -0.492 e. The molecule has 0 bridgehead atoms. The summed E-state index contributed by atoms with van der Waals surface area (Å²) in [6, 6.07) is 7.82. The van der Waals surface area contributed by atoms with Gasteiger partial charge < -0.3 is 15.6 Å². The Morgan fingerprint density at radius 2 is 1.95 bits per heavy atom. The second-order valence-corrected chi connectivity index (χ2v) is 5.03. The molecule has 0 radical (unpaired) electrons.